The normalized spacial score (nSPS) is 21.1. The monoisotopic (exact) mass is 139 g/mol. The summed E-state index contributed by atoms with van der Waals surface area (Å²) in [4.78, 5) is 21.6. The van der Waals surface area contributed by atoms with E-state index < -0.39 is 6.03 Å². The molecule has 10 heavy (non-hydrogen) atoms. The number of nitrogens with one attached hydrogen (secondary N) is 1. The molecule has 1 saturated heterocycles. The second kappa shape index (κ2) is 2.35. The second-order valence-electron chi connectivity index (χ2n) is 1.86. The van der Waals surface area contributed by atoms with Gasteiger partial charge in [0.1, 0.15) is 6.04 Å². The number of nitrogens with zero attached hydrogens (tertiary/aromatic N) is 2. The van der Waals surface area contributed by atoms with Crippen molar-refractivity contribution in [3.63, 3.8) is 0 Å². The average molecular weight is 139 g/mol. The molecular formula is C5H5N3O2. The molecule has 0 aliphatic carbocycles. The summed E-state index contributed by atoms with van der Waals surface area (Å²) in [6.07, 6.45) is 0.301. The Kier molecular flexibility index (Phi) is 1.54. The van der Waals surface area contributed by atoms with Gasteiger partial charge in [0.2, 0.25) is 6.41 Å². The number of amides is 3. The molecule has 1 fully saturated rings. The van der Waals surface area contributed by atoms with Crippen LogP contribution in [0.4, 0.5) is 4.79 Å². The quantitative estimate of drug-likeness (QED) is 0.376. The molecule has 1 N–H and O–H groups in total. The van der Waals surface area contributed by atoms with Crippen molar-refractivity contribution in [2.45, 2.75) is 6.04 Å². The molecule has 0 aromatic carbocycles. The van der Waals surface area contributed by atoms with Crippen LogP contribution in [0.2, 0.25) is 0 Å². The summed E-state index contributed by atoms with van der Waals surface area (Å²) < 4.78 is 0. The van der Waals surface area contributed by atoms with Crippen LogP contribution in [0.5, 0.6) is 0 Å². The minimum absolute atomic E-state index is 0.301. The molecule has 1 aliphatic rings. The van der Waals surface area contributed by atoms with E-state index in [0.717, 1.165) is 0 Å². The molecule has 52 valence electrons. The lowest BCUT2D eigenvalue weighted by Crippen LogP contribution is -2.27. The maximum atomic E-state index is 10.6. The van der Waals surface area contributed by atoms with Gasteiger partial charge in [0.15, 0.2) is 0 Å². The Balaban J connectivity index is 2.34. The van der Waals surface area contributed by atoms with E-state index in [0.29, 0.717) is 13.0 Å². The van der Waals surface area contributed by atoms with Crippen LogP contribution in [0.3, 0.4) is 0 Å². The Bertz CT molecular complexity index is 207. The standard InChI is InChI=1S/C5H5N3O2/c6-1-4-2-8(4)5(10)7-3-9/h3-4H,2H2,(H,7,9,10). The topological polar surface area (TPSA) is 73.0 Å². The maximum Gasteiger partial charge on any atom is 0.325 e. The van der Waals surface area contributed by atoms with Crippen LogP contribution in [0.1, 0.15) is 0 Å². The van der Waals surface area contributed by atoms with E-state index >= 15 is 0 Å². The van der Waals surface area contributed by atoms with Gasteiger partial charge >= 0.3 is 6.03 Å². The first-order valence-electron chi connectivity index (χ1n) is 2.70. The number of carbonyl (C=O) groups excluding carboxylic acids is 2. The van der Waals surface area contributed by atoms with E-state index in [-0.39, 0.29) is 6.04 Å². The van der Waals surface area contributed by atoms with Gasteiger partial charge in [-0.3, -0.25) is 10.1 Å². The molecule has 0 aromatic heterocycles. The first kappa shape index (κ1) is 6.55. The number of imide groups is 1. The predicted octanol–water partition coefficient (Wildman–Crippen LogP) is -0.940. The fourth-order valence-corrected chi connectivity index (χ4v) is 0.607. The average Bonchev–Trinajstić information content (AvgIpc) is 2.66. The summed E-state index contributed by atoms with van der Waals surface area (Å²) in [7, 11) is 0. The summed E-state index contributed by atoms with van der Waals surface area (Å²) >= 11 is 0. The third-order valence-electron chi connectivity index (χ3n) is 1.20. The van der Waals surface area contributed by atoms with Crippen LogP contribution < -0.4 is 5.32 Å². The van der Waals surface area contributed by atoms with Crippen LogP contribution in [0.15, 0.2) is 0 Å². The molecule has 5 nitrogen and oxygen atoms in total. The molecule has 0 bridgehead atoms. The van der Waals surface area contributed by atoms with Crippen molar-refractivity contribution in [3.8, 4) is 6.07 Å². The number of rotatable bonds is 1. The van der Waals surface area contributed by atoms with Gasteiger partial charge < -0.3 is 4.90 Å². The number of urea groups is 1. The summed E-state index contributed by atoms with van der Waals surface area (Å²) in [5.74, 6) is 0. The first-order chi connectivity index (χ1) is 4.79. The van der Waals surface area contributed by atoms with E-state index in [1.807, 2.05) is 11.4 Å². The summed E-state index contributed by atoms with van der Waals surface area (Å²) in [5, 5.41) is 10.2. The molecule has 3 amide bonds. The molecule has 1 atom stereocenters. The fraction of sp³-hybridized carbons (Fsp3) is 0.400. The lowest BCUT2D eigenvalue weighted by atomic mass is 10.5. The maximum absolute atomic E-state index is 10.6. The van der Waals surface area contributed by atoms with Crippen LogP contribution in [-0.4, -0.2) is 29.9 Å². The van der Waals surface area contributed by atoms with Gasteiger partial charge in [-0.2, -0.15) is 5.26 Å². The minimum atomic E-state index is -0.499. The van der Waals surface area contributed by atoms with Crippen molar-refractivity contribution in [2.24, 2.45) is 0 Å². The van der Waals surface area contributed by atoms with Crippen LogP contribution in [0, 0.1) is 11.3 Å². The second-order valence-corrected chi connectivity index (χ2v) is 1.86. The molecule has 1 aliphatic heterocycles. The molecule has 1 unspecified atom stereocenters. The molecule has 0 aromatic rings. The third kappa shape index (κ3) is 1.05. The third-order valence-corrected chi connectivity index (χ3v) is 1.20. The van der Waals surface area contributed by atoms with Crippen molar-refractivity contribution < 1.29 is 9.59 Å². The zero-order valence-corrected chi connectivity index (χ0v) is 5.07. The Morgan fingerprint density at radius 3 is 3.00 bits per heavy atom. The lowest BCUT2D eigenvalue weighted by molar-refractivity contribution is -0.108. The van der Waals surface area contributed by atoms with Gasteiger partial charge in [-0.15, -0.1) is 0 Å². The number of hydrogen-bond donors (Lipinski definition) is 1. The fourth-order valence-electron chi connectivity index (χ4n) is 0.607. The van der Waals surface area contributed by atoms with Gasteiger partial charge in [0, 0.05) is 0 Å². The molecule has 5 heteroatoms. The number of carbonyl (C=O) groups is 2. The SMILES string of the molecule is N#CC1CN1C(=O)NC=O. The van der Waals surface area contributed by atoms with Gasteiger partial charge in [-0.05, 0) is 0 Å². The van der Waals surface area contributed by atoms with Crippen molar-refractivity contribution in [3.05, 3.63) is 0 Å². The smallest absolute Gasteiger partial charge is 0.303 e. The molecular weight excluding hydrogens is 134 g/mol. The molecule has 0 saturated carbocycles. The van der Waals surface area contributed by atoms with E-state index in [1.54, 1.807) is 0 Å². The summed E-state index contributed by atoms with van der Waals surface area (Å²) in [5.41, 5.74) is 0. The van der Waals surface area contributed by atoms with Gasteiger partial charge in [0.05, 0.1) is 12.6 Å². The summed E-state index contributed by atoms with van der Waals surface area (Å²) in [6.45, 7) is 0.427. The zero-order valence-electron chi connectivity index (χ0n) is 5.07. The van der Waals surface area contributed by atoms with Gasteiger partial charge in [-0.25, -0.2) is 4.79 Å². The predicted molar refractivity (Wildman–Crippen MR) is 30.7 cm³/mol. The number of hydrogen-bond acceptors (Lipinski definition) is 3. The highest BCUT2D eigenvalue weighted by Crippen LogP contribution is 2.14. The number of nitriles is 1. The van der Waals surface area contributed by atoms with Crippen molar-refractivity contribution in [1.82, 2.24) is 10.2 Å². The highest BCUT2D eigenvalue weighted by Gasteiger charge is 2.38. The Hall–Kier alpha value is -1.57. The Morgan fingerprint density at radius 1 is 1.90 bits per heavy atom. The van der Waals surface area contributed by atoms with Crippen LogP contribution in [0.25, 0.3) is 0 Å². The molecule has 0 radical (unpaired) electrons. The summed E-state index contributed by atoms with van der Waals surface area (Å²) in [6, 6.07) is 1.05. The van der Waals surface area contributed by atoms with Crippen molar-refractivity contribution >= 4 is 12.4 Å². The minimum Gasteiger partial charge on any atom is -0.303 e. The Morgan fingerprint density at radius 2 is 2.60 bits per heavy atom. The highest BCUT2D eigenvalue weighted by molar-refractivity contribution is 5.86. The molecule has 0 spiro atoms. The van der Waals surface area contributed by atoms with E-state index in [1.165, 1.54) is 4.90 Å². The van der Waals surface area contributed by atoms with Gasteiger partial charge in [-0.1, -0.05) is 0 Å². The van der Waals surface area contributed by atoms with Crippen molar-refractivity contribution in [1.29, 1.82) is 5.26 Å². The lowest BCUT2D eigenvalue weighted by Gasteiger charge is -1.95. The largest absolute Gasteiger partial charge is 0.325 e. The first-order valence-corrected chi connectivity index (χ1v) is 2.70. The molecule has 1 heterocycles. The van der Waals surface area contributed by atoms with Crippen LogP contribution in [-0.2, 0) is 4.79 Å². The van der Waals surface area contributed by atoms with Gasteiger partial charge in [0.25, 0.3) is 0 Å². The van der Waals surface area contributed by atoms with Crippen LogP contribution >= 0.6 is 0 Å². The van der Waals surface area contributed by atoms with E-state index in [2.05, 4.69) is 0 Å². The van der Waals surface area contributed by atoms with Crippen molar-refractivity contribution in [2.75, 3.05) is 6.54 Å². The van der Waals surface area contributed by atoms with E-state index in [4.69, 9.17) is 5.26 Å². The highest BCUT2D eigenvalue weighted by atomic mass is 16.2. The Labute approximate surface area is 57.2 Å². The van der Waals surface area contributed by atoms with E-state index in [9.17, 15) is 9.59 Å². The molecule has 1 rings (SSSR count). The zero-order chi connectivity index (χ0) is 7.56.